The molecule has 3 aromatic rings. The SMILES string of the molecule is CCCCOc1ccc(/C=N/NC(=O)C(Cc2ccccc2)NS(=O)(=O)c2ccc(C)cc2)cc1. The largest absolute Gasteiger partial charge is 0.494 e. The Morgan fingerprint density at radius 3 is 2.34 bits per heavy atom. The number of hydrazone groups is 1. The van der Waals surface area contributed by atoms with Crippen molar-refractivity contribution in [2.24, 2.45) is 5.10 Å². The lowest BCUT2D eigenvalue weighted by atomic mass is 10.1. The Labute approximate surface area is 207 Å². The topological polar surface area (TPSA) is 96.9 Å². The maximum absolute atomic E-state index is 12.9. The predicted molar refractivity (Wildman–Crippen MR) is 138 cm³/mol. The van der Waals surface area contributed by atoms with Gasteiger partial charge in [-0.1, -0.05) is 61.4 Å². The van der Waals surface area contributed by atoms with E-state index in [0.29, 0.717) is 6.61 Å². The molecule has 1 unspecified atom stereocenters. The van der Waals surface area contributed by atoms with E-state index in [-0.39, 0.29) is 11.3 Å². The second-order valence-electron chi connectivity index (χ2n) is 8.18. The lowest BCUT2D eigenvalue weighted by Crippen LogP contribution is -2.46. The van der Waals surface area contributed by atoms with Crippen molar-refractivity contribution < 1.29 is 17.9 Å². The Hall–Kier alpha value is -3.49. The van der Waals surface area contributed by atoms with E-state index in [1.54, 1.807) is 12.1 Å². The summed E-state index contributed by atoms with van der Waals surface area (Å²) >= 11 is 0. The minimum atomic E-state index is -3.91. The van der Waals surface area contributed by atoms with E-state index in [1.165, 1.54) is 18.3 Å². The number of ether oxygens (including phenoxy) is 1. The highest BCUT2D eigenvalue weighted by Crippen LogP contribution is 2.13. The van der Waals surface area contributed by atoms with Crippen LogP contribution in [-0.2, 0) is 21.2 Å². The fraction of sp³-hybridized carbons (Fsp3) is 0.259. The van der Waals surface area contributed by atoms with E-state index in [4.69, 9.17) is 4.74 Å². The van der Waals surface area contributed by atoms with Gasteiger partial charge in [0.15, 0.2) is 0 Å². The van der Waals surface area contributed by atoms with Crippen LogP contribution in [0.5, 0.6) is 5.75 Å². The van der Waals surface area contributed by atoms with Gasteiger partial charge in [-0.2, -0.15) is 9.82 Å². The highest BCUT2D eigenvalue weighted by molar-refractivity contribution is 7.89. The van der Waals surface area contributed by atoms with E-state index in [9.17, 15) is 13.2 Å². The molecule has 8 heteroatoms. The maximum atomic E-state index is 12.9. The van der Waals surface area contributed by atoms with Crippen molar-refractivity contribution in [1.29, 1.82) is 0 Å². The second kappa shape index (κ2) is 12.8. The number of hydrogen-bond acceptors (Lipinski definition) is 5. The summed E-state index contributed by atoms with van der Waals surface area (Å²) in [5, 5.41) is 4.02. The first kappa shape index (κ1) is 26.1. The summed E-state index contributed by atoms with van der Waals surface area (Å²) in [5.74, 6) is 0.216. The standard InChI is InChI=1S/C27H31N3O4S/c1-3-4-18-34-24-14-12-23(13-15-24)20-28-29-27(31)26(19-22-8-6-5-7-9-22)30-35(32,33)25-16-10-21(2)11-17-25/h5-17,20,26,30H,3-4,18-19H2,1-2H3,(H,29,31)/b28-20+. The van der Waals surface area contributed by atoms with Gasteiger partial charge in [-0.05, 0) is 67.3 Å². The molecular weight excluding hydrogens is 462 g/mol. The third kappa shape index (κ3) is 8.35. The zero-order chi connectivity index (χ0) is 25.1. The number of carbonyl (C=O) groups is 1. The van der Waals surface area contributed by atoms with Gasteiger partial charge < -0.3 is 4.74 Å². The minimum absolute atomic E-state index is 0.0960. The van der Waals surface area contributed by atoms with Crippen LogP contribution in [-0.4, -0.2) is 33.2 Å². The monoisotopic (exact) mass is 493 g/mol. The Morgan fingerprint density at radius 2 is 1.69 bits per heavy atom. The zero-order valence-electron chi connectivity index (χ0n) is 20.0. The fourth-order valence-corrected chi connectivity index (χ4v) is 4.44. The summed E-state index contributed by atoms with van der Waals surface area (Å²) in [5.41, 5.74) is 5.00. The van der Waals surface area contributed by atoms with Crippen LogP contribution in [0.1, 0.15) is 36.5 Å². The number of carbonyl (C=O) groups excluding carboxylic acids is 1. The highest BCUT2D eigenvalue weighted by Gasteiger charge is 2.26. The maximum Gasteiger partial charge on any atom is 0.258 e. The molecule has 1 atom stereocenters. The Morgan fingerprint density at radius 1 is 1.00 bits per heavy atom. The van der Waals surface area contributed by atoms with Crippen LogP contribution in [0.3, 0.4) is 0 Å². The Bertz CT molecular complexity index is 1210. The number of sulfonamides is 1. The summed E-state index contributed by atoms with van der Waals surface area (Å²) in [6.07, 6.45) is 3.74. The molecule has 0 aliphatic carbocycles. The van der Waals surface area contributed by atoms with Crippen LogP contribution in [0.4, 0.5) is 0 Å². The summed E-state index contributed by atoms with van der Waals surface area (Å²) in [6, 6.07) is 22.0. The molecule has 0 saturated heterocycles. The first-order valence-corrected chi connectivity index (χ1v) is 13.0. The number of nitrogens with one attached hydrogen (secondary N) is 2. The molecule has 0 bridgehead atoms. The van der Waals surface area contributed by atoms with Gasteiger partial charge in [0.05, 0.1) is 17.7 Å². The molecule has 0 fully saturated rings. The van der Waals surface area contributed by atoms with Gasteiger partial charge in [0.2, 0.25) is 10.0 Å². The zero-order valence-corrected chi connectivity index (χ0v) is 20.8. The van der Waals surface area contributed by atoms with Crippen LogP contribution in [0, 0.1) is 6.92 Å². The van der Waals surface area contributed by atoms with Gasteiger partial charge >= 0.3 is 0 Å². The smallest absolute Gasteiger partial charge is 0.258 e. The third-order valence-corrected chi connectivity index (χ3v) is 6.75. The quantitative estimate of drug-likeness (QED) is 0.224. The van der Waals surface area contributed by atoms with Crippen LogP contribution in [0.2, 0.25) is 0 Å². The van der Waals surface area contributed by atoms with Crippen molar-refractivity contribution in [3.05, 3.63) is 95.6 Å². The molecule has 0 saturated carbocycles. The fourth-order valence-electron chi connectivity index (χ4n) is 3.24. The molecule has 0 spiro atoms. The molecule has 2 N–H and O–H groups in total. The van der Waals surface area contributed by atoms with Gasteiger partial charge in [-0.15, -0.1) is 0 Å². The number of rotatable bonds is 12. The molecule has 0 aliphatic heterocycles. The molecule has 1 amide bonds. The molecule has 0 aliphatic rings. The van der Waals surface area contributed by atoms with E-state index in [0.717, 1.165) is 35.3 Å². The van der Waals surface area contributed by atoms with Crippen molar-refractivity contribution in [3.63, 3.8) is 0 Å². The second-order valence-corrected chi connectivity index (χ2v) is 9.90. The number of nitrogens with zero attached hydrogens (tertiary/aromatic N) is 1. The number of amides is 1. The average Bonchev–Trinajstić information content (AvgIpc) is 2.85. The lowest BCUT2D eigenvalue weighted by Gasteiger charge is -2.17. The van der Waals surface area contributed by atoms with E-state index < -0.39 is 22.0 Å². The average molecular weight is 494 g/mol. The number of unbranched alkanes of at least 4 members (excludes halogenated alkanes) is 1. The van der Waals surface area contributed by atoms with E-state index in [1.807, 2.05) is 61.5 Å². The first-order chi connectivity index (χ1) is 16.9. The summed E-state index contributed by atoms with van der Waals surface area (Å²) in [7, 11) is -3.91. The molecule has 3 aromatic carbocycles. The van der Waals surface area contributed by atoms with Crippen molar-refractivity contribution in [2.45, 2.75) is 44.0 Å². The van der Waals surface area contributed by atoms with Gasteiger partial charge in [-0.3, -0.25) is 4.79 Å². The highest BCUT2D eigenvalue weighted by atomic mass is 32.2. The molecule has 184 valence electrons. The number of benzene rings is 3. The third-order valence-electron chi connectivity index (χ3n) is 5.26. The Kier molecular flexibility index (Phi) is 9.57. The van der Waals surface area contributed by atoms with Crippen LogP contribution in [0.25, 0.3) is 0 Å². The number of hydrogen-bond donors (Lipinski definition) is 2. The van der Waals surface area contributed by atoms with Crippen LogP contribution >= 0.6 is 0 Å². The molecule has 3 rings (SSSR count). The van der Waals surface area contributed by atoms with E-state index in [2.05, 4.69) is 22.2 Å². The summed E-state index contributed by atoms with van der Waals surface area (Å²) < 4.78 is 34.0. The van der Waals surface area contributed by atoms with Crippen molar-refractivity contribution in [3.8, 4) is 5.75 Å². The molecule has 0 aromatic heterocycles. The van der Waals surface area contributed by atoms with Crippen molar-refractivity contribution in [1.82, 2.24) is 10.1 Å². The van der Waals surface area contributed by atoms with Gasteiger partial charge in [0.25, 0.3) is 5.91 Å². The molecule has 7 nitrogen and oxygen atoms in total. The van der Waals surface area contributed by atoms with Crippen LogP contribution < -0.4 is 14.9 Å². The molecule has 0 heterocycles. The van der Waals surface area contributed by atoms with E-state index >= 15 is 0 Å². The molecule has 0 radical (unpaired) electrons. The molecule has 35 heavy (non-hydrogen) atoms. The number of aryl methyl sites for hydroxylation is 1. The summed E-state index contributed by atoms with van der Waals surface area (Å²) in [4.78, 5) is 13.0. The van der Waals surface area contributed by atoms with Crippen molar-refractivity contribution in [2.75, 3.05) is 6.61 Å². The van der Waals surface area contributed by atoms with Gasteiger partial charge in [0.1, 0.15) is 11.8 Å². The van der Waals surface area contributed by atoms with Gasteiger partial charge in [0, 0.05) is 0 Å². The lowest BCUT2D eigenvalue weighted by molar-refractivity contribution is -0.122. The van der Waals surface area contributed by atoms with Gasteiger partial charge in [-0.25, -0.2) is 13.8 Å². The predicted octanol–water partition coefficient (Wildman–Crippen LogP) is 4.21. The Balaban J connectivity index is 1.68. The summed E-state index contributed by atoms with van der Waals surface area (Å²) in [6.45, 7) is 4.65. The van der Waals surface area contributed by atoms with Crippen LogP contribution in [0.15, 0.2) is 88.9 Å². The first-order valence-electron chi connectivity index (χ1n) is 11.6. The van der Waals surface area contributed by atoms with Crippen molar-refractivity contribution >= 4 is 22.1 Å². The normalized spacial score (nSPS) is 12.4. The molecular formula is C27H31N3O4S. The minimum Gasteiger partial charge on any atom is -0.494 e.